The van der Waals surface area contributed by atoms with Crippen molar-refractivity contribution in [1.29, 1.82) is 0 Å². The van der Waals surface area contributed by atoms with E-state index in [0.29, 0.717) is 0 Å². The molecule has 3 saturated heterocycles. The highest BCUT2D eigenvalue weighted by molar-refractivity contribution is 4.96. The molecule has 0 spiro atoms. The third-order valence-corrected chi connectivity index (χ3v) is 5.74. The first-order valence-corrected chi connectivity index (χ1v) is 9.80. The maximum atomic E-state index is 13.1. The van der Waals surface area contributed by atoms with Crippen LogP contribution in [0.3, 0.4) is 0 Å². The fraction of sp³-hybridized carbons (Fsp3) is 1.00. The smallest absolute Gasteiger partial charge is 0.187 e. The number of aliphatic hydroxyl groups excluding tert-OH is 7. The average molecular weight is 443 g/mol. The minimum absolute atomic E-state index is 0.0725. The van der Waals surface area contributed by atoms with Gasteiger partial charge in [0.25, 0.3) is 0 Å². The topological polar surface area (TPSA) is 191 Å². The summed E-state index contributed by atoms with van der Waals surface area (Å²) in [5.74, 6) is 0. The molecule has 176 valence electrons. The van der Waals surface area contributed by atoms with Gasteiger partial charge in [-0.2, -0.15) is 0 Å². The summed E-state index contributed by atoms with van der Waals surface area (Å²) in [5.41, 5.74) is 0. The van der Waals surface area contributed by atoms with Crippen LogP contribution < -0.4 is 5.32 Å². The van der Waals surface area contributed by atoms with Crippen LogP contribution in [0.25, 0.3) is 0 Å². The summed E-state index contributed by atoms with van der Waals surface area (Å²) in [6.07, 6.45) is -16.7. The second-order valence-corrected chi connectivity index (χ2v) is 7.83. The molecule has 0 unspecified atom stereocenters. The van der Waals surface area contributed by atoms with Gasteiger partial charge in [-0.3, -0.25) is 0 Å². The number of alkyl halides is 1. The Morgan fingerprint density at radius 2 is 1.47 bits per heavy atom. The molecule has 0 bridgehead atoms. The Labute approximate surface area is 171 Å². The van der Waals surface area contributed by atoms with Crippen molar-refractivity contribution < 1.29 is 59.1 Å². The largest absolute Gasteiger partial charge is 0.394 e. The summed E-state index contributed by atoms with van der Waals surface area (Å²) >= 11 is 0. The quantitative estimate of drug-likeness (QED) is 0.196. The number of nitrogens with one attached hydrogen (secondary N) is 1. The normalized spacial score (nSPS) is 52.5. The molecule has 3 aliphatic heterocycles. The van der Waals surface area contributed by atoms with E-state index in [0.717, 1.165) is 0 Å². The summed E-state index contributed by atoms with van der Waals surface area (Å²) in [5, 5.41) is 73.0. The van der Waals surface area contributed by atoms with E-state index in [4.69, 9.17) is 18.9 Å². The first-order chi connectivity index (χ1) is 14.2. The second kappa shape index (κ2) is 9.94. The van der Waals surface area contributed by atoms with Crippen molar-refractivity contribution in [2.75, 3.05) is 19.8 Å². The lowest BCUT2D eigenvalue weighted by atomic mass is 9.97. The van der Waals surface area contributed by atoms with Gasteiger partial charge in [0, 0.05) is 6.54 Å². The van der Waals surface area contributed by atoms with E-state index in [1.165, 1.54) is 6.92 Å². The molecule has 0 radical (unpaired) electrons. The van der Waals surface area contributed by atoms with Gasteiger partial charge in [0.1, 0.15) is 55.5 Å². The van der Waals surface area contributed by atoms with E-state index >= 15 is 0 Å². The fourth-order valence-corrected chi connectivity index (χ4v) is 3.87. The minimum Gasteiger partial charge on any atom is -0.394 e. The van der Waals surface area contributed by atoms with Gasteiger partial charge in [-0.05, 0) is 6.92 Å². The van der Waals surface area contributed by atoms with Crippen molar-refractivity contribution in [1.82, 2.24) is 5.32 Å². The van der Waals surface area contributed by atoms with Crippen LogP contribution in [0.1, 0.15) is 6.92 Å². The van der Waals surface area contributed by atoms with Gasteiger partial charge < -0.3 is 60.0 Å². The zero-order valence-electron chi connectivity index (χ0n) is 16.3. The van der Waals surface area contributed by atoms with Crippen molar-refractivity contribution in [3.8, 4) is 0 Å². The van der Waals surface area contributed by atoms with E-state index in [-0.39, 0.29) is 6.54 Å². The molecule has 0 aromatic rings. The van der Waals surface area contributed by atoms with Crippen molar-refractivity contribution in [3.63, 3.8) is 0 Å². The number of hydrogen-bond acceptors (Lipinski definition) is 12. The van der Waals surface area contributed by atoms with Crippen LogP contribution in [-0.2, 0) is 18.9 Å². The van der Waals surface area contributed by atoms with Gasteiger partial charge in [0.05, 0.1) is 24.9 Å². The average Bonchev–Trinajstić information content (AvgIpc) is 3.09. The number of hydrogen-bond donors (Lipinski definition) is 8. The van der Waals surface area contributed by atoms with Crippen LogP contribution >= 0.6 is 0 Å². The standard InChI is InChI=1S/C17H30FNO11/c1-5-9(22)10(23)12(25)16(27-5)30-15-8(4-20)28-17(13(26)11(15)24)29-14-6(2-18)19-3-7(14)21/h5-17,19-26H,2-4H2,1H3/t5-,6+,7-,8-,9-,10+,11-,12-,13-,14-,15-,16+,17-/m1/s1. The summed E-state index contributed by atoms with van der Waals surface area (Å²) in [7, 11) is 0. The molecule has 0 amide bonds. The van der Waals surface area contributed by atoms with Gasteiger partial charge in [-0.15, -0.1) is 0 Å². The molecule has 3 fully saturated rings. The van der Waals surface area contributed by atoms with Crippen LogP contribution in [0.15, 0.2) is 0 Å². The number of halogens is 1. The molecule has 3 heterocycles. The van der Waals surface area contributed by atoms with Crippen LogP contribution in [-0.4, -0.2) is 135 Å². The molecule has 0 aromatic heterocycles. The molecule has 3 aliphatic rings. The lowest BCUT2D eigenvalue weighted by Gasteiger charge is -2.46. The van der Waals surface area contributed by atoms with Gasteiger partial charge in [-0.25, -0.2) is 4.39 Å². The molecule has 13 atom stereocenters. The molecule has 13 heteroatoms. The lowest BCUT2D eigenvalue weighted by molar-refractivity contribution is -0.361. The number of aliphatic hydroxyl groups is 7. The highest BCUT2D eigenvalue weighted by Gasteiger charge is 2.51. The van der Waals surface area contributed by atoms with Gasteiger partial charge in [0.15, 0.2) is 12.6 Å². The Morgan fingerprint density at radius 1 is 0.867 bits per heavy atom. The van der Waals surface area contributed by atoms with E-state index in [2.05, 4.69) is 5.32 Å². The molecular formula is C17H30FNO11. The number of rotatable bonds is 6. The first-order valence-electron chi connectivity index (χ1n) is 9.80. The van der Waals surface area contributed by atoms with Crippen molar-refractivity contribution in [2.45, 2.75) is 86.6 Å². The van der Waals surface area contributed by atoms with Gasteiger partial charge >= 0.3 is 0 Å². The molecule has 8 N–H and O–H groups in total. The molecule has 0 saturated carbocycles. The fourth-order valence-electron chi connectivity index (χ4n) is 3.87. The molecule has 3 rings (SSSR count). The number of β-amino-alcohol motifs (C(OH)–C–C–N with tert-alkyl or cyclic N) is 1. The van der Waals surface area contributed by atoms with E-state index in [1.54, 1.807) is 0 Å². The predicted octanol–water partition coefficient (Wildman–Crippen LogP) is -4.67. The van der Waals surface area contributed by atoms with Crippen LogP contribution in [0.4, 0.5) is 4.39 Å². The van der Waals surface area contributed by atoms with E-state index in [9.17, 15) is 40.1 Å². The minimum atomic E-state index is -1.71. The Hall–Kier alpha value is -0.550. The molecular weight excluding hydrogens is 413 g/mol. The van der Waals surface area contributed by atoms with Gasteiger partial charge in [0.2, 0.25) is 0 Å². The Kier molecular flexibility index (Phi) is 7.98. The van der Waals surface area contributed by atoms with Crippen LogP contribution in [0.2, 0.25) is 0 Å². The van der Waals surface area contributed by atoms with Crippen LogP contribution in [0, 0.1) is 0 Å². The summed E-state index contributed by atoms with van der Waals surface area (Å²) in [6.45, 7) is -0.0150. The van der Waals surface area contributed by atoms with Crippen LogP contribution in [0.5, 0.6) is 0 Å². The molecule has 12 nitrogen and oxygen atoms in total. The van der Waals surface area contributed by atoms with E-state index < -0.39 is 92.9 Å². The Bertz CT molecular complexity index is 560. The zero-order chi connectivity index (χ0) is 22.2. The maximum absolute atomic E-state index is 13.1. The van der Waals surface area contributed by atoms with Crippen molar-refractivity contribution in [2.24, 2.45) is 0 Å². The molecule has 0 aromatic carbocycles. The van der Waals surface area contributed by atoms with E-state index in [1.807, 2.05) is 0 Å². The summed E-state index contributed by atoms with van der Waals surface area (Å²) < 4.78 is 34.9. The highest BCUT2D eigenvalue weighted by atomic mass is 19.1. The summed E-state index contributed by atoms with van der Waals surface area (Å²) in [4.78, 5) is 0. The van der Waals surface area contributed by atoms with Crippen molar-refractivity contribution >= 4 is 0 Å². The second-order valence-electron chi connectivity index (χ2n) is 7.83. The Morgan fingerprint density at radius 3 is 2.10 bits per heavy atom. The predicted molar refractivity (Wildman–Crippen MR) is 93.6 cm³/mol. The van der Waals surface area contributed by atoms with Crippen molar-refractivity contribution in [3.05, 3.63) is 0 Å². The monoisotopic (exact) mass is 443 g/mol. The molecule has 30 heavy (non-hydrogen) atoms. The van der Waals surface area contributed by atoms with Gasteiger partial charge in [-0.1, -0.05) is 0 Å². The molecule has 0 aliphatic carbocycles. The Balaban J connectivity index is 1.68. The summed E-state index contributed by atoms with van der Waals surface area (Å²) in [6, 6.07) is -0.838. The first kappa shape index (κ1) is 24.1. The third kappa shape index (κ3) is 4.62. The number of ether oxygens (including phenoxy) is 4. The lowest BCUT2D eigenvalue weighted by Crippen LogP contribution is -2.64. The third-order valence-electron chi connectivity index (χ3n) is 5.74. The SMILES string of the molecule is C[C@H]1O[C@@H](O[C@H]2[C@H](O)[C@@H](O)[C@@H](O[C@H]3[C@H](O)CN[C@H]3CF)O[C@@H]2CO)[C@H](O)[C@@H](O)[C@@H]1O. The zero-order valence-corrected chi connectivity index (χ0v) is 16.3. The maximum Gasteiger partial charge on any atom is 0.187 e. The highest BCUT2D eigenvalue weighted by Crippen LogP contribution is 2.30.